The van der Waals surface area contributed by atoms with Gasteiger partial charge in [0.15, 0.2) is 0 Å². The quantitative estimate of drug-likeness (QED) is 0.627. The van der Waals surface area contributed by atoms with Crippen molar-refractivity contribution in [2.45, 2.75) is 13.1 Å². The van der Waals surface area contributed by atoms with Gasteiger partial charge in [-0.3, -0.25) is 0 Å². The van der Waals surface area contributed by atoms with Crippen molar-refractivity contribution in [1.82, 2.24) is 4.98 Å². The summed E-state index contributed by atoms with van der Waals surface area (Å²) in [5.41, 5.74) is -0.159. The van der Waals surface area contributed by atoms with Crippen molar-refractivity contribution < 1.29 is 17.6 Å². The van der Waals surface area contributed by atoms with Crippen LogP contribution in [0.5, 0.6) is 0 Å². The first-order valence-corrected chi connectivity index (χ1v) is 5.91. The van der Waals surface area contributed by atoms with Crippen molar-refractivity contribution in [2.75, 3.05) is 5.32 Å². The Kier molecular flexibility index (Phi) is 3.85. The van der Waals surface area contributed by atoms with E-state index in [1.807, 2.05) is 0 Å². The lowest BCUT2D eigenvalue weighted by Crippen LogP contribution is -2.07. The smallest absolute Gasteiger partial charge is 0.338 e. The molecule has 1 heterocycles. The molecule has 7 heteroatoms. The molecule has 1 aromatic heterocycles. The molecule has 2 rings (SSSR count). The van der Waals surface area contributed by atoms with Crippen LogP contribution >= 0.6 is 11.6 Å². The fourth-order valence-electron chi connectivity index (χ4n) is 1.60. The van der Waals surface area contributed by atoms with E-state index in [-0.39, 0.29) is 16.7 Å². The first-order valence-electron chi connectivity index (χ1n) is 5.53. The van der Waals surface area contributed by atoms with E-state index < -0.39 is 17.6 Å². The molecule has 0 aliphatic rings. The molecule has 0 fully saturated rings. The van der Waals surface area contributed by atoms with Crippen LogP contribution in [0.4, 0.5) is 29.1 Å². The Balaban J connectivity index is 2.39. The second-order valence-corrected chi connectivity index (χ2v) is 4.56. The lowest BCUT2D eigenvalue weighted by atomic mass is 10.2. The highest BCUT2D eigenvalue weighted by Gasteiger charge is 2.31. The molecule has 0 saturated heterocycles. The minimum atomic E-state index is -4.55. The topological polar surface area (TPSA) is 24.9 Å². The molecular formula is C13H9ClF4N2. The maximum Gasteiger partial charge on any atom is 0.416 e. The lowest BCUT2D eigenvalue weighted by molar-refractivity contribution is -0.137. The van der Waals surface area contributed by atoms with Crippen molar-refractivity contribution in [3.8, 4) is 0 Å². The molecular weight excluding hydrogens is 296 g/mol. The van der Waals surface area contributed by atoms with Gasteiger partial charge in [0.05, 0.1) is 11.3 Å². The Labute approximate surface area is 117 Å². The van der Waals surface area contributed by atoms with Gasteiger partial charge in [0.1, 0.15) is 16.8 Å². The van der Waals surface area contributed by atoms with Crippen LogP contribution in [-0.2, 0) is 6.18 Å². The first-order chi connectivity index (χ1) is 9.25. The van der Waals surface area contributed by atoms with E-state index in [0.29, 0.717) is 6.07 Å². The molecule has 0 bridgehead atoms. The largest absolute Gasteiger partial charge is 0.416 e. The van der Waals surface area contributed by atoms with Gasteiger partial charge in [0.2, 0.25) is 0 Å². The van der Waals surface area contributed by atoms with Crippen molar-refractivity contribution in [1.29, 1.82) is 0 Å². The van der Waals surface area contributed by atoms with Gasteiger partial charge in [-0.1, -0.05) is 17.7 Å². The predicted molar refractivity (Wildman–Crippen MR) is 68.7 cm³/mol. The van der Waals surface area contributed by atoms with Gasteiger partial charge in [-0.05, 0) is 36.8 Å². The second-order valence-electron chi connectivity index (χ2n) is 4.17. The van der Waals surface area contributed by atoms with E-state index in [1.165, 1.54) is 12.1 Å². The standard InChI is InChI=1S/C13H9ClF4N2/c1-7-2-3-9(15)10(4-7)19-12-6-8(13(16,17)18)5-11(14)20-12/h2-6H,1H3,(H,19,20). The summed E-state index contributed by atoms with van der Waals surface area (Å²) in [6, 6.07) is 5.71. The number of aromatic nitrogens is 1. The maximum atomic E-state index is 13.5. The van der Waals surface area contributed by atoms with Gasteiger partial charge in [0, 0.05) is 0 Å². The Morgan fingerprint density at radius 3 is 2.50 bits per heavy atom. The number of pyridine rings is 1. The zero-order valence-electron chi connectivity index (χ0n) is 10.2. The summed E-state index contributed by atoms with van der Waals surface area (Å²) in [4.78, 5) is 3.70. The van der Waals surface area contributed by atoms with Gasteiger partial charge >= 0.3 is 6.18 Å². The van der Waals surface area contributed by atoms with Crippen LogP contribution in [-0.4, -0.2) is 4.98 Å². The monoisotopic (exact) mass is 304 g/mol. The highest BCUT2D eigenvalue weighted by molar-refractivity contribution is 6.29. The summed E-state index contributed by atoms with van der Waals surface area (Å²) in [5, 5.41) is 2.17. The molecule has 0 unspecified atom stereocenters. The number of alkyl halides is 3. The molecule has 2 nitrogen and oxygen atoms in total. The summed E-state index contributed by atoms with van der Waals surface area (Å²) in [5.74, 6) is -0.764. The number of nitrogens with one attached hydrogen (secondary N) is 1. The number of benzene rings is 1. The Hall–Kier alpha value is -1.82. The Morgan fingerprint density at radius 2 is 1.85 bits per heavy atom. The molecule has 1 N–H and O–H groups in total. The molecule has 0 atom stereocenters. The third-order valence-electron chi connectivity index (χ3n) is 2.51. The SMILES string of the molecule is Cc1ccc(F)c(Nc2cc(C(F)(F)F)cc(Cl)n2)c1. The number of aryl methyl sites for hydroxylation is 1. The molecule has 0 aliphatic heterocycles. The number of hydrogen-bond donors (Lipinski definition) is 1. The molecule has 0 amide bonds. The highest BCUT2D eigenvalue weighted by atomic mass is 35.5. The summed E-state index contributed by atoms with van der Waals surface area (Å²) in [6.07, 6.45) is -4.55. The first kappa shape index (κ1) is 14.6. The van der Waals surface area contributed by atoms with Crippen LogP contribution in [0.1, 0.15) is 11.1 Å². The molecule has 0 aliphatic carbocycles. The minimum Gasteiger partial charge on any atom is -0.338 e. The van der Waals surface area contributed by atoms with Gasteiger partial charge in [-0.25, -0.2) is 9.37 Å². The highest BCUT2D eigenvalue weighted by Crippen LogP contribution is 2.32. The van der Waals surface area contributed by atoms with Crippen molar-refractivity contribution in [3.05, 3.63) is 52.4 Å². The molecule has 0 saturated carbocycles. The zero-order valence-corrected chi connectivity index (χ0v) is 11.0. The molecule has 1 aromatic carbocycles. The van der Waals surface area contributed by atoms with Crippen LogP contribution in [0.25, 0.3) is 0 Å². The summed E-state index contributed by atoms with van der Waals surface area (Å²) in [6.45, 7) is 1.73. The molecule has 2 aromatic rings. The van der Waals surface area contributed by atoms with E-state index in [2.05, 4.69) is 10.3 Å². The maximum absolute atomic E-state index is 13.5. The third kappa shape index (κ3) is 3.39. The predicted octanol–water partition coefficient (Wildman–Crippen LogP) is 4.94. The third-order valence-corrected chi connectivity index (χ3v) is 2.70. The van der Waals surface area contributed by atoms with E-state index >= 15 is 0 Å². The van der Waals surface area contributed by atoms with Gasteiger partial charge in [0.25, 0.3) is 0 Å². The van der Waals surface area contributed by atoms with Crippen molar-refractivity contribution in [2.24, 2.45) is 0 Å². The fourth-order valence-corrected chi connectivity index (χ4v) is 1.81. The summed E-state index contributed by atoms with van der Waals surface area (Å²) >= 11 is 5.55. The Bertz CT molecular complexity index is 641. The van der Waals surface area contributed by atoms with Crippen molar-refractivity contribution in [3.63, 3.8) is 0 Å². The van der Waals surface area contributed by atoms with E-state index in [1.54, 1.807) is 13.0 Å². The Morgan fingerprint density at radius 1 is 1.15 bits per heavy atom. The van der Waals surface area contributed by atoms with Crippen LogP contribution in [0, 0.1) is 12.7 Å². The van der Waals surface area contributed by atoms with Gasteiger partial charge < -0.3 is 5.32 Å². The van der Waals surface area contributed by atoms with Crippen LogP contribution in [0.2, 0.25) is 5.15 Å². The fraction of sp³-hybridized carbons (Fsp3) is 0.154. The molecule has 0 radical (unpaired) electrons. The number of halogens is 5. The molecule has 0 spiro atoms. The molecule has 20 heavy (non-hydrogen) atoms. The van der Waals surface area contributed by atoms with Gasteiger partial charge in [-0.15, -0.1) is 0 Å². The van der Waals surface area contributed by atoms with Crippen LogP contribution in [0.3, 0.4) is 0 Å². The molecule has 106 valence electrons. The number of anilines is 2. The van der Waals surface area contributed by atoms with E-state index in [0.717, 1.165) is 11.6 Å². The van der Waals surface area contributed by atoms with Crippen LogP contribution < -0.4 is 5.32 Å². The minimum absolute atomic E-state index is 0.0351. The van der Waals surface area contributed by atoms with Gasteiger partial charge in [-0.2, -0.15) is 13.2 Å². The van der Waals surface area contributed by atoms with Crippen molar-refractivity contribution >= 4 is 23.1 Å². The average molecular weight is 305 g/mol. The number of hydrogen-bond acceptors (Lipinski definition) is 2. The zero-order chi connectivity index (χ0) is 14.9. The number of nitrogens with zero attached hydrogens (tertiary/aromatic N) is 1. The number of rotatable bonds is 2. The van der Waals surface area contributed by atoms with Crippen LogP contribution in [0.15, 0.2) is 30.3 Å². The normalized spacial score (nSPS) is 11.5. The second kappa shape index (κ2) is 5.28. The van der Waals surface area contributed by atoms with E-state index in [9.17, 15) is 17.6 Å². The summed E-state index contributed by atoms with van der Waals surface area (Å²) in [7, 11) is 0. The lowest BCUT2D eigenvalue weighted by Gasteiger charge is -2.11. The average Bonchev–Trinajstić information content (AvgIpc) is 2.32. The summed E-state index contributed by atoms with van der Waals surface area (Å²) < 4.78 is 51.5. The van der Waals surface area contributed by atoms with E-state index in [4.69, 9.17) is 11.6 Å².